The van der Waals surface area contributed by atoms with Gasteiger partial charge in [0.1, 0.15) is 5.75 Å². The van der Waals surface area contributed by atoms with Gasteiger partial charge in [0.15, 0.2) is 10.4 Å². The summed E-state index contributed by atoms with van der Waals surface area (Å²) in [7, 11) is 0. The van der Waals surface area contributed by atoms with E-state index in [1.54, 1.807) is 18.7 Å². The number of anilines is 1. The lowest BCUT2D eigenvalue weighted by Gasteiger charge is -2.14. The van der Waals surface area contributed by atoms with Crippen molar-refractivity contribution in [3.8, 4) is 5.75 Å². The highest BCUT2D eigenvalue weighted by Crippen LogP contribution is 2.28. The monoisotopic (exact) mass is 351 g/mol. The number of hydrogen-bond donors (Lipinski definition) is 1. The van der Waals surface area contributed by atoms with Gasteiger partial charge in [-0.05, 0) is 44.0 Å². The van der Waals surface area contributed by atoms with E-state index in [1.807, 2.05) is 32.0 Å². The molecule has 0 aliphatic heterocycles. The second-order valence-electron chi connectivity index (χ2n) is 5.54. The van der Waals surface area contributed by atoms with Crippen LogP contribution in [0.3, 0.4) is 0 Å². The normalized spacial score (nSPS) is 12.3. The molecule has 2 rings (SSSR count). The van der Waals surface area contributed by atoms with Gasteiger partial charge in [0.2, 0.25) is 5.13 Å². The van der Waals surface area contributed by atoms with E-state index in [0.717, 1.165) is 9.90 Å². The topological polar surface area (TPSA) is 64.1 Å². The van der Waals surface area contributed by atoms with Crippen molar-refractivity contribution in [2.24, 2.45) is 0 Å². The highest BCUT2D eigenvalue weighted by Gasteiger charge is 2.17. The average molecular weight is 351 g/mol. The van der Waals surface area contributed by atoms with Gasteiger partial charge in [0.05, 0.1) is 0 Å². The van der Waals surface area contributed by atoms with Crippen molar-refractivity contribution < 1.29 is 9.53 Å². The molecule has 23 heavy (non-hydrogen) atoms. The highest BCUT2D eigenvalue weighted by molar-refractivity contribution is 8.01. The van der Waals surface area contributed by atoms with E-state index in [4.69, 9.17) is 4.74 Å². The van der Waals surface area contributed by atoms with Gasteiger partial charge in [-0.1, -0.05) is 43.0 Å². The molecule has 0 aliphatic rings. The number of ether oxygens (including phenoxy) is 1. The van der Waals surface area contributed by atoms with E-state index in [-0.39, 0.29) is 5.91 Å². The van der Waals surface area contributed by atoms with Crippen molar-refractivity contribution in [3.05, 3.63) is 29.3 Å². The first kappa shape index (κ1) is 17.7. The molecule has 0 unspecified atom stereocenters. The van der Waals surface area contributed by atoms with Crippen molar-refractivity contribution in [3.63, 3.8) is 0 Å². The largest absolute Gasteiger partial charge is 0.481 e. The molecule has 1 heterocycles. The lowest BCUT2D eigenvalue weighted by molar-refractivity contribution is -0.122. The minimum absolute atomic E-state index is 0.236. The highest BCUT2D eigenvalue weighted by atomic mass is 32.2. The first-order valence-electron chi connectivity index (χ1n) is 7.40. The number of carbonyl (C=O) groups excluding carboxylic acids is 1. The molecule has 1 atom stereocenters. The third-order valence-corrected chi connectivity index (χ3v) is 5.06. The Morgan fingerprint density at radius 3 is 2.61 bits per heavy atom. The molecule has 0 radical (unpaired) electrons. The summed E-state index contributed by atoms with van der Waals surface area (Å²) in [5, 5.41) is 11.7. The van der Waals surface area contributed by atoms with E-state index in [9.17, 15) is 4.79 Å². The molecule has 2 aromatic rings. The Labute approximate surface area is 144 Å². The van der Waals surface area contributed by atoms with Crippen molar-refractivity contribution in [1.82, 2.24) is 10.2 Å². The second kappa shape index (κ2) is 7.79. The van der Waals surface area contributed by atoms with Crippen LogP contribution in [0.5, 0.6) is 5.75 Å². The Balaban J connectivity index is 1.94. The molecule has 0 saturated carbocycles. The van der Waals surface area contributed by atoms with Crippen LogP contribution in [0.1, 0.15) is 31.9 Å². The van der Waals surface area contributed by atoms with E-state index < -0.39 is 6.10 Å². The molecule has 124 valence electrons. The number of rotatable bonds is 6. The van der Waals surface area contributed by atoms with Crippen LogP contribution < -0.4 is 10.1 Å². The number of nitrogens with one attached hydrogen (secondary N) is 1. The van der Waals surface area contributed by atoms with Gasteiger partial charge < -0.3 is 4.74 Å². The standard InChI is InChI=1S/C16H21N3O2S2/c1-9(2)22-16-19-18-15(23-16)17-14(20)12(5)21-13-7-6-10(3)11(4)8-13/h6-9,12H,1-5H3,(H,17,18,20)/t12-/m0/s1. The fourth-order valence-corrected chi connectivity index (χ4v) is 3.74. The second-order valence-corrected chi connectivity index (χ2v) is 8.34. The number of nitrogens with zero attached hydrogens (tertiary/aromatic N) is 2. The number of aromatic nitrogens is 2. The molecule has 0 bridgehead atoms. The molecular weight excluding hydrogens is 330 g/mol. The Kier molecular flexibility index (Phi) is 6.01. The average Bonchev–Trinajstić information content (AvgIpc) is 2.89. The Morgan fingerprint density at radius 1 is 1.22 bits per heavy atom. The van der Waals surface area contributed by atoms with Gasteiger partial charge in [-0.15, -0.1) is 10.2 Å². The first-order valence-corrected chi connectivity index (χ1v) is 9.09. The van der Waals surface area contributed by atoms with Crippen molar-refractivity contribution in [2.45, 2.75) is 50.3 Å². The lowest BCUT2D eigenvalue weighted by atomic mass is 10.1. The van der Waals surface area contributed by atoms with Crippen molar-refractivity contribution in [2.75, 3.05) is 5.32 Å². The predicted octanol–water partition coefficient (Wildman–Crippen LogP) is 4.06. The fraction of sp³-hybridized carbons (Fsp3) is 0.438. The predicted molar refractivity (Wildman–Crippen MR) is 95.5 cm³/mol. The van der Waals surface area contributed by atoms with E-state index in [1.165, 1.54) is 16.9 Å². The zero-order chi connectivity index (χ0) is 17.0. The molecule has 1 aromatic heterocycles. The van der Waals surface area contributed by atoms with Crippen molar-refractivity contribution in [1.29, 1.82) is 0 Å². The molecule has 1 N–H and O–H groups in total. The third kappa shape index (κ3) is 5.21. The zero-order valence-electron chi connectivity index (χ0n) is 13.9. The van der Waals surface area contributed by atoms with Gasteiger partial charge in [0.25, 0.3) is 5.91 Å². The first-order chi connectivity index (χ1) is 10.8. The minimum atomic E-state index is -0.609. The summed E-state index contributed by atoms with van der Waals surface area (Å²) in [5.74, 6) is 0.449. The fourth-order valence-electron chi connectivity index (χ4n) is 1.76. The van der Waals surface area contributed by atoms with Gasteiger partial charge in [-0.25, -0.2) is 0 Å². The zero-order valence-corrected chi connectivity index (χ0v) is 15.5. The summed E-state index contributed by atoms with van der Waals surface area (Å²) in [5.41, 5.74) is 2.33. The van der Waals surface area contributed by atoms with Crippen LogP contribution in [-0.4, -0.2) is 27.5 Å². The smallest absolute Gasteiger partial charge is 0.266 e. The van der Waals surface area contributed by atoms with Crippen molar-refractivity contribution >= 4 is 34.1 Å². The molecular formula is C16H21N3O2S2. The summed E-state index contributed by atoms with van der Waals surface area (Å²) in [4.78, 5) is 12.2. The summed E-state index contributed by atoms with van der Waals surface area (Å²) < 4.78 is 6.54. The summed E-state index contributed by atoms with van der Waals surface area (Å²) in [6.45, 7) is 9.95. The van der Waals surface area contributed by atoms with E-state index in [2.05, 4.69) is 29.4 Å². The maximum atomic E-state index is 12.2. The number of amides is 1. The van der Waals surface area contributed by atoms with Crippen LogP contribution in [0.25, 0.3) is 0 Å². The molecule has 5 nitrogen and oxygen atoms in total. The molecule has 1 aromatic carbocycles. The molecule has 0 spiro atoms. The maximum Gasteiger partial charge on any atom is 0.266 e. The number of hydrogen-bond acceptors (Lipinski definition) is 6. The van der Waals surface area contributed by atoms with Gasteiger partial charge >= 0.3 is 0 Å². The maximum absolute atomic E-state index is 12.2. The number of thioether (sulfide) groups is 1. The molecule has 0 fully saturated rings. The Morgan fingerprint density at radius 2 is 1.96 bits per heavy atom. The van der Waals surface area contributed by atoms with E-state index in [0.29, 0.717) is 16.1 Å². The Hall–Kier alpha value is -1.60. The van der Waals surface area contributed by atoms with Gasteiger partial charge in [-0.2, -0.15) is 0 Å². The van der Waals surface area contributed by atoms with Gasteiger partial charge in [0, 0.05) is 5.25 Å². The molecule has 7 heteroatoms. The SMILES string of the molecule is Cc1ccc(O[C@@H](C)C(=O)Nc2nnc(SC(C)C)s2)cc1C. The summed E-state index contributed by atoms with van der Waals surface area (Å²) in [6.07, 6.45) is -0.609. The lowest BCUT2D eigenvalue weighted by Crippen LogP contribution is -2.30. The summed E-state index contributed by atoms with van der Waals surface area (Å²) >= 11 is 2.99. The van der Waals surface area contributed by atoms with Crippen LogP contribution >= 0.6 is 23.1 Å². The summed E-state index contributed by atoms with van der Waals surface area (Å²) in [6, 6.07) is 5.78. The van der Waals surface area contributed by atoms with Crippen LogP contribution in [-0.2, 0) is 4.79 Å². The van der Waals surface area contributed by atoms with Crippen LogP contribution in [0, 0.1) is 13.8 Å². The van der Waals surface area contributed by atoms with E-state index >= 15 is 0 Å². The third-order valence-electron chi connectivity index (χ3n) is 3.13. The van der Waals surface area contributed by atoms with Gasteiger partial charge in [-0.3, -0.25) is 10.1 Å². The van der Waals surface area contributed by atoms with Crippen LogP contribution in [0.2, 0.25) is 0 Å². The van der Waals surface area contributed by atoms with Crippen LogP contribution in [0.4, 0.5) is 5.13 Å². The quantitative estimate of drug-likeness (QED) is 0.628. The molecule has 0 saturated heterocycles. The molecule has 0 aliphatic carbocycles. The number of aryl methyl sites for hydroxylation is 2. The minimum Gasteiger partial charge on any atom is -0.481 e. The number of benzene rings is 1. The molecule has 1 amide bonds. The Bertz CT molecular complexity index is 686. The number of carbonyl (C=O) groups is 1. The van der Waals surface area contributed by atoms with Crippen LogP contribution in [0.15, 0.2) is 22.5 Å².